The van der Waals surface area contributed by atoms with Gasteiger partial charge in [-0.15, -0.1) is 11.8 Å². The van der Waals surface area contributed by atoms with Crippen molar-refractivity contribution < 1.29 is 4.74 Å². The molecule has 0 fully saturated rings. The van der Waals surface area contributed by atoms with Crippen molar-refractivity contribution in [3.8, 4) is 0 Å². The van der Waals surface area contributed by atoms with Crippen LogP contribution in [0, 0.1) is 0 Å². The van der Waals surface area contributed by atoms with Crippen molar-refractivity contribution in [1.82, 2.24) is 4.90 Å². The molecule has 0 radical (unpaired) electrons. The molecule has 1 aromatic rings. The Morgan fingerprint density at radius 2 is 1.94 bits per heavy atom. The van der Waals surface area contributed by atoms with Gasteiger partial charge in [-0.1, -0.05) is 18.2 Å². The molecular formula is C13H21NOS. The van der Waals surface area contributed by atoms with Gasteiger partial charge in [-0.25, -0.2) is 0 Å². The lowest BCUT2D eigenvalue weighted by atomic mass is 10.4. The van der Waals surface area contributed by atoms with Gasteiger partial charge in [0, 0.05) is 37.5 Å². The summed E-state index contributed by atoms with van der Waals surface area (Å²) in [4.78, 5) is 3.71. The van der Waals surface area contributed by atoms with Gasteiger partial charge in [0.1, 0.15) is 0 Å². The highest BCUT2D eigenvalue weighted by molar-refractivity contribution is 7.99. The van der Waals surface area contributed by atoms with E-state index in [0.717, 1.165) is 31.9 Å². The lowest BCUT2D eigenvalue weighted by Crippen LogP contribution is -2.23. The van der Waals surface area contributed by atoms with Crippen molar-refractivity contribution in [1.29, 1.82) is 0 Å². The normalized spacial score (nSPS) is 10.9. The minimum Gasteiger partial charge on any atom is -0.385 e. The quantitative estimate of drug-likeness (QED) is 0.511. The molecular weight excluding hydrogens is 218 g/mol. The second-order valence-corrected chi connectivity index (χ2v) is 4.98. The van der Waals surface area contributed by atoms with Gasteiger partial charge in [0.15, 0.2) is 0 Å². The molecule has 0 aliphatic rings. The average Bonchev–Trinajstić information content (AvgIpc) is 2.31. The van der Waals surface area contributed by atoms with Crippen LogP contribution < -0.4 is 0 Å². The maximum Gasteiger partial charge on any atom is 0.0474 e. The molecule has 16 heavy (non-hydrogen) atoms. The van der Waals surface area contributed by atoms with Gasteiger partial charge in [0.05, 0.1) is 0 Å². The maximum atomic E-state index is 5.03. The summed E-state index contributed by atoms with van der Waals surface area (Å²) in [5.41, 5.74) is 0. The van der Waals surface area contributed by atoms with E-state index in [2.05, 4.69) is 42.3 Å². The summed E-state index contributed by atoms with van der Waals surface area (Å²) in [5.74, 6) is 1.15. The molecule has 0 atom stereocenters. The van der Waals surface area contributed by atoms with Gasteiger partial charge >= 0.3 is 0 Å². The standard InChI is InChI=1S/C13H21NOS/c1-14(9-6-11-15-2)10-12-16-13-7-4-3-5-8-13/h3-5,7-8H,6,9-12H2,1-2H3. The topological polar surface area (TPSA) is 12.5 Å². The molecule has 0 unspecified atom stereocenters. The molecule has 0 aliphatic heterocycles. The molecule has 1 aromatic carbocycles. The molecule has 0 spiro atoms. The van der Waals surface area contributed by atoms with E-state index >= 15 is 0 Å². The van der Waals surface area contributed by atoms with Gasteiger partial charge in [0.25, 0.3) is 0 Å². The van der Waals surface area contributed by atoms with Gasteiger partial charge in [-0.2, -0.15) is 0 Å². The number of ether oxygens (including phenoxy) is 1. The third kappa shape index (κ3) is 6.16. The number of benzene rings is 1. The van der Waals surface area contributed by atoms with Gasteiger partial charge in [-0.05, 0) is 25.6 Å². The van der Waals surface area contributed by atoms with Gasteiger partial charge < -0.3 is 9.64 Å². The molecule has 0 aromatic heterocycles. The Labute approximate surface area is 103 Å². The van der Waals surface area contributed by atoms with Crippen LogP contribution in [-0.2, 0) is 4.74 Å². The first kappa shape index (κ1) is 13.6. The van der Waals surface area contributed by atoms with Crippen molar-refractivity contribution in [2.75, 3.05) is 39.6 Å². The van der Waals surface area contributed by atoms with Crippen LogP contribution in [0.1, 0.15) is 6.42 Å². The van der Waals surface area contributed by atoms with Crippen molar-refractivity contribution in [3.05, 3.63) is 30.3 Å². The highest BCUT2D eigenvalue weighted by Crippen LogP contribution is 2.16. The zero-order valence-electron chi connectivity index (χ0n) is 10.2. The molecule has 0 heterocycles. The van der Waals surface area contributed by atoms with Crippen LogP contribution in [0.4, 0.5) is 0 Å². The van der Waals surface area contributed by atoms with E-state index in [9.17, 15) is 0 Å². The monoisotopic (exact) mass is 239 g/mol. The Balaban J connectivity index is 2.06. The van der Waals surface area contributed by atoms with Crippen LogP contribution in [0.5, 0.6) is 0 Å². The number of rotatable bonds is 8. The zero-order chi connectivity index (χ0) is 11.6. The molecule has 0 saturated heterocycles. The van der Waals surface area contributed by atoms with Gasteiger partial charge in [0.2, 0.25) is 0 Å². The summed E-state index contributed by atoms with van der Waals surface area (Å²) in [6, 6.07) is 10.6. The van der Waals surface area contributed by atoms with Crippen LogP contribution in [-0.4, -0.2) is 44.5 Å². The molecule has 3 heteroatoms. The van der Waals surface area contributed by atoms with E-state index in [1.807, 2.05) is 11.8 Å². The average molecular weight is 239 g/mol. The minimum atomic E-state index is 0.857. The van der Waals surface area contributed by atoms with E-state index in [0.29, 0.717) is 0 Å². The van der Waals surface area contributed by atoms with Crippen LogP contribution in [0.25, 0.3) is 0 Å². The van der Waals surface area contributed by atoms with Crippen LogP contribution in [0.15, 0.2) is 35.2 Å². The number of methoxy groups -OCH3 is 1. The Morgan fingerprint density at radius 1 is 1.19 bits per heavy atom. The van der Waals surface area contributed by atoms with Crippen molar-refractivity contribution in [2.24, 2.45) is 0 Å². The van der Waals surface area contributed by atoms with Crippen LogP contribution in [0.3, 0.4) is 0 Å². The predicted molar refractivity (Wildman–Crippen MR) is 71.2 cm³/mol. The second kappa shape index (κ2) is 8.62. The Morgan fingerprint density at radius 3 is 2.62 bits per heavy atom. The fraction of sp³-hybridized carbons (Fsp3) is 0.538. The van der Waals surface area contributed by atoms with Gasteiger partial charge in [-0.3, -0.25) is 0 Å². The maximum absolute atomic E-state index is 5.03. The number of thioether (sulfide) groups is 1. The van der Waals surface area contributed by atoms with Crippen LogP contribution >= 0.6 is 11.8 Å². The SMILES string of the molecule is COCCCN(C)CCSc1ccccc1. The third-order valence-corrected chi connectivity index (χ3v) is 3.37. The first-order valence-corrected chi connectivity index (χ1v) is 6.67. The molecule has 0 N–H and O–H groups in total. The lowest BCUT2D eigenvalue weighted by Gasteiger charge is -2.15. The van der Waals surface area contributed by atoms with Crippen molar-refractivity contribution in [2.45, 2.75) is 11.3 Å². The molecule has 0 saturated carbocycles. The summed E-state index contributed by atoms with van der Waals surface area (Å²) < 4.78 is 5.03. The fourth-order valence-corrected chi connectivity index (χ4v) is 2.41. The third-order valence-electron chi connectivity index (χ3n) is 2.37. The Hall–Kier alpha value is -0.510. The Kier molecular flexibility index (Phi) is 7.30. The van der Waals surface area contributed by atoms with E-state index in [1.54, 1.807) is 7.11 Å². The highest BCUT2D eigenvalue weighted by atomic mass is 32.2. The summed E-state index contributed by atoms with van der Waals surface area (Å²) in [5, 5.41) is 0. The first-order valence-electron chi connectivity index (χ1n) is 5.68. The van der Waals surface area contributed by atoms with Crippen molar-refractivity contribution in [3.63, 3.8) is 0 Å². The molecule has 90 valence electrons. The second-order valence-electron chi connectivity index (χ2n) is 3.81. The number of nitrogens with zero attached hydrogens (tertiary/aromatic N) is 1. The van der Waals surface area contributed by atoms with E-state index < -0.39 is 0 Å². The van der Waals surface area contributed by atoms with E-state index in [4.69, 9.17) is 4.74 Å². The molecule has 1 rings (SSSR count). The zero-order valence-corrected chi connectivity index (χ0v) is 11.0. The smallest absolute Gasteiger partial charge is 0.0474 e. The predicted octanol–water partition coefficient (Wildman–Crippen LogP) is 2.75. The molecule has 2 nitrogen and oxygen atoms in total. The van der Waals surface area contributed by atoms with Crippen LogP contribution in [0.2, 0.25) is 0 Å². The molecule has 0 bridgehead atoms. The summed E-state index contributed by atoms with van der Waals surface area (Å²) >= 11 is 1.92. The molecule has 0 aliphatic carbocycles. The fourth-order valence-electron chi connectivity index (χ4n) is 1.43. The highest BCUT2D eigenvalue weighted by Gasteiger charge is 1.98. The Bertz CT molecular complexity index is 266. The lowest BCUT2D eigenvalue weighted by molar-refractivity contribution is 0.181. The minimum absolute atomic E-state index is 0.857. The van der Waals surface area contributed by atoms with Crippen molar-refractivity contribution >= 4 is 11.8 Å². The summed E-state index contributed by atoms with van der Waals surface area (Å²) in [6.45, 7) is 3.10. The molecule has 0 amide bonds. The number of hydrogen-bond donors (Lipinski definition) is 0. The van der Waals surface area contributed by atoms with E-state index in [1.165, 1.54) is 4.90 Å². The van der Waals surface area contributed by atoms with E-state index in [-0.39, 0.29) is 0 Å². The summed E-state index contributed by atoms with van der Waals surface area (Å²) in [6.07, 6.45) is 1.11. The summed E-state index contributed by atoms with van der Waals surface area (Å²) in [7, 11) is 3.92. The first-order chi connectivity index (χ1) is 7.83. The largest absolute Gasteiger partial charge is 0.385 e. The number of hydrogen-bond acceptors (Lipinski definition) is 3.